The number of pyridine rings is 1. The van der Waals surface area contributed by atoms with Gasteiger partial charge in [-0.25, -0.2) is 19.2 Å². The van der Waals surface area contributed by atoms with Crippen LogP contribution in [0.1, 0.15) is 5.56 Å². The molecule has 5 rings (SSSR count). The molecule has 2 aromatic carbocycles. The van der Waals surface area contributed by atoms with Gasteiger partial charge in [-0.05, 0) is 48.9 Å². The molecule has 4 aromatic rings. The summed E-state index contributed by atoms with van der Waals surface area (Å²) in [5.41, 5.74) is 9.86. The second-order valence-electron chi connectivity index (χ2n) is 8.22. The largest absolute Gasteiger partial charge is 0.368 e. The number of rotatable bonds is 3. The van der Waals surface area contributed by atoms with Gasteiger partial charge in [0.25, 0.3) is 0 Å². The van der Waals surface area contributed by atoms with Gasteiger partial charge in [0.1, 0.15) is 11.3 Å². The number of fused-ring (bicyclic) bond motifs is 1. The van der Waals surface area contributed by atoms with Gasteiger partial charge < -0.3 is 20.9 Å². The van der Waals surface area contributed by atoms with Crippen LogP contribution in [0.4, 0.5) is 26.6 Å². The number of amides is 2. The first-order chi connectivity index (χ1) is 16.5. The minimum atomic E-state index is -0.347. The summed E-state index contributed by atoms with van der Waals surface area (Å²) in [6.45, 7) is 4.11. The summed E-state index contributed by atoms with van der Waals surface area (Å²) in [4.78, 5) is 30.0. The number of piperazine rings is 1. The number of nitrogens with two attached hydrogens (primary N) is 1. The lowest BCUT2D eigenvalue weighted by molar-refractivity contribution is 0.208. The minimum absolute atomic E-state index is 0.141. The minimum Gasteiger partial charge on any atom is -0.368 e. The molecule has 8 nitrogen and oxygen atoms in total. The molecule has 0 spiro atoms. The smallest absolute Gasteiger partial charge is 0.321 e. The van der Waals surface area contributed by atoms with Crippen LogP contribution in [0.15, 0.2) is 60.7 Å². The standard InChI is InChI=1S/C25H24FN7O/c1-16-5-4-6-17(15-16)28-25(34)33-13-11-32(12-14-33)23-22-21(30-24(27)31-23)10-9-20(29-22)18-7-2-3-8-19(18)26/h2-10,15H,11-14H2,1H3,(H,28,34)(H2,27,30,31). The molecule has 0 saturated carbocycles. The van der Waals surface area contributed by atoms with E-state index in [9.17, 15) is 9.18 Å². The van der Waals surface area contributed by atoms with Crippen molar-refractivity contribution in [1.82, 2.24) is 19.9 Å². The lowest BCUT2D eigenvalue weighted by Crippen LogP contribution is -2.50. The number of anilines is 3. The number of hydrogen-bond donors (Lipinski definition) is 2. The molecule has 0 atom stereocenters. The average molecular weight is 458 g/mol. The zero-order chi connectivity index (χ0) is 23.7. The molecule has 1 saturated heterocycles. The van der Waals surface area contributed by atoms with E-state index in [0.717, 1.165) is 11.3 Å². The van der Waals surface area contributed by atoms with Gasteiger partial charge in [-0.1, -0.05) is 24.3 Å². The Hall–Kier alpha value is -4.27. The first kappa shape index (κ1) is 21.6. The van der Waals surface area contributed by atoms with E-state index in [4.69, 9.17) is 5.73 Å². The quantitative estimate of drug-likeness (QED) is 0.481. The van der Waals surface area contributed by atoms with Crippen molar-refractivity contribution >= 4 is 34.5 Å². The van der Waals surface area contributed by atoms with Crippen molar-refractivity contribution in [2.24, 2.45) is 0 Å². The third-order valence-electron chi connectivity index (χ3n) is 5.83. The fourth-order valence-corrected chi connectivity index (χ4v) is 4.10. The Morgan fingerprint density at radius 1 is 0.971 bits per heavy atom. The number of hydrogen-bond acceptors (Lipinski definition) is 6. The van der Waals surface area contributed by atoms with Crippen LogP contribution in [0.5, 0.6) is 0 Å². The van der Waals surface area contributed by atoms with E-state index in [1.165, 1.54) is 6.07 Å². The molecule has 1 aliphatic rings. The Bertz CT molecular complexity index is 1370. The third-order valence-corrected chi connectivity index (χ3v) is 5.83. The maximum absolute atomic E-state index is 14.3. The Morgan fingerprint density at radius 3 is 2.53 bits per heavy atom. The zero-order valence-electron chi connectivity index (χ0n) is 18.7. The van der Waals surface area contributed by atoms with Gasteiger partial charge in [0.15, 0.2) is 5.82 Å². The molecular weight excluding hydrogens is 433 g/mol. The first-order valence-corrected chi connectivity index (χ1v) is 11.0. The van der Waals surface area contributed by atoms with Crippen molar-refractivity contribution < 1.29 is 9.18 Å². The number of carbonyl (C=O) groups is 1. The number of aryl methyl sites for hydroxylation is 1. The summed E-state index contributed by atoms with van der Waals surface area (Å²) < 4.78 is 14.3. The van der Waals surface area contributed by atoms with Gasteiger partial charge in [0.2, 0.25) is 5.95 Å². The molecule has 3 heterocycles. The highest BCUT2D eigenvalue weighted by atomic mass is 19.1. The lowest BCUT2D eigenvalue weighted by Gasteiger charge is -2.35. The summed E-state index contributed by atoms with van der Waals surface area (Å²) in [6, 6.07) is 17.6. The van der Waals surface area contributed by atoms with Crippen LogP contribution in [-0.2, 0) is 0 Å². The summed E-state index contributed by atoms with van der Waals surface area (Å²) in [5.74, 6) is 0.377. The Kier molecular flexibility index (Phi) is 5.67. The fraction of sp³-hybridized carbons (Fsp3) is 0.200. The molecule has 3 N–H and O–H groups in total. The number of nitrogen functional groups attached to an aromatic ring is 1. The SMILES string of the molecule is Cc1cccc(NC(=O)N2CCN(c3nc(N)nc4ccc(-c5ccccc5F)nc34)CC2)c1. The molecule has 34 heavy (non-hydrogen) atoms. The van der Waals surface area contributed by atoms with Gasteiger partial charge in [-0.3, -0.25) is 0 Å². The summed E-state index contributed by atoms with van der Waals surface area (Å²) in [7, 11) is 0. The Morgan fingerprint density at radius 2 is 1.76 bits per heavy atom. The van der Waals surface area contributed by atoms with Crippen LogP contribution >= 0.6 is 0 Å². The molecule has 0 bridgehead atoms. The zero-order valence-corrected chi connectivity index (χ0v) is 18.7. The number of urea groups is 1. The highest BCUT2D eigenvalue weighted by molar-refractivity contribution is 5.90. The number of aromatic nitrogens is 3. The predicted molar refractivity (Wildman–Crippen MR) is 131 cm³/mol. The summed E-state index contributed by atoms with van der Waals surface area (Å²) in [6.07, 6.45) is 0. The van der Waals surface area contributed by atoms with E-state index in [-0.39, 0.29) is 17.8 Å². The molecule has 2 aromatic heterocycles. The van der Waals surface area contributed by atoms with Crippen LogP contribution < -0.4 is 16.0 Å². The molecular formula is C25H24FN7O. The van der Waals surface area contributed by atoms with Gasteiger partial charge in [-0.15, -0.1) is 0 Å². The van der Waals surface area contributed by atoms with E-state index in [1.54, 1.807) is 35.2 Å². The Balaban J connectivity index is 1.37. The Labute approximate surface area is 196 Å². The van der Waals surface area contributed by atoms with Crippen LogP contribution in [0.25, 0.3) is 22.3 Å². The number of halogens is 1. The number of nitrogens with one attached hydrogen (secondary N) is 1. The first-order valence-electron chi connectivity index (χ1n) is 11.0. The molecule has 0 radical (unpaired) electrons. The lowest BCUT2D eigenvalue weighted by atomic mass is 10.1. The molecule has 9 heteroatoms. The van der Waals surface area contributed by atoms with E-state index in [1.807, 2.05) is 36.1 Å². The van der Waals surface area contributed by atoms with Gasteiger partial charge in [-0.2, -0.15) is 4.98 Å². The van der Waals surface area contributed by atoms with E-state index < -0.39 is 0 Å². The maximum atomic E-state index is 14.3. The number of nitrogens with zero attached hydrogens (tertiary/aromatic N) is 5. The van der Waals surface area contributed by atoms with Crippen molar-refractivity contribution in [3.05, 3.63) is 72.0 Å². The van der Waals surface area contributed by atoms with Crippen LogP contribution in [0, 0.1) is 12.7 Å². The summed E-state index contributed by atoms with van der Waals surface area (Å²) in [5, 5.41) is 2.95. The van der Waals surface area contributed by atoms with Crippen LogP contribution in [0.3, 0.4) is 0 Å². The molecule has 1 fully saturated rings. The van der Waals surface area contributed by atoms with Crippen molar-refractivity contribution in [1.29, 1.82) is 0 Å². The third kappa shape index (κ3) is 4.32. The second kappa shape index (κ2) is 8.93. The number of benzene rings is 2. The van der Waals surface area contributed by atoms with Crippen molar-refractivity contribution in [2.75, 3.05) is 42.1 Å². The van der Waals surface area contributed by atoms with Crippen molar-refractivity contribution in [3.8, 4) is 11.3 Å². The van der Waals surface area contributed by atoms with E-state index >= 15 is 0 Å². The van der Waals surface area contributed by atoms with E-state index in [2.05, 4.69) is 20.3 Å². The second-order valence-corrected chi connectivity index (χ2v) is 8.22. The van der Waals surface area contributed by atoms with Gasteiger partial charge >= 0.3 is 6.03 Å². The van der Waals surface area contributed by atoms with Crippen molar-refractivity contribution in [2.45, 2.75) is 6.92 Å². The maximum Gasteiger partial charge on any atom is 0.321 e. The molecule has 2 amide bonds. The average Bonchev–Trinajstić information content (AvgIpc) is 2.84. The normalized spacial score (nSPS) is 13.8. The highest BCUT2D eigenvalue weighted by Crippen LogP contribution is 2.28. The van der Waals surface area contributed by atoms with Crippen LogP contribution in [-0.4, -0.2) is 52.1 Å². The molecule has 0 aliphatic carbocycles. The van der Waals surface area contributed by atoms with E-state index in [0.29, 0.717) is 54.3 Å². The highest BCUT2D eigenvalue weighted by Gasteiger charge is 2.24. The van der Waals surface area contributed by atoms with Crippen LogP contribution in [0.2, 0.25) is 0 Å². The topological polar surface area (TPSA) is 100 Å². The van der Waals surface area contributed by atoms with Gasteiger partial charge in [0.05, 0.1) is 11.2 Å². The molecule has 172 valence electrons. The fourth-order valence-electron chi connectivity index (χ4n) is 4.10. The van der Waals surface area contributed by atoms with Crippen molar-refractivity contribution in [3.63, 3.8) is 0 Å². The molecule has 1 aliphatic heterocycles. The molecule has 0 unspecified atom stereocenters. The summed E-state index contributed by atoms with van der Waals surface area (Å²) >= 11 is 0. The van der Waals surface area contributed by atoms with Gasteiger partial charge in [0, 0.05) is 37.4 Å². The monoisotopic (exact) mass is 457 g/mol. The predicted octanol–water partition coefficient (Wildman–Crippen LogP) is 4.08. The number of carbonyl (C=O) groups excluding carboxylic acids is 1.